The lowest BCUT2D eigenvalue weighted by Crippen LogP contribution is -2.09. The predicted molar refractivity (Wildman–Crippen MR) is 60.9 cm³/mol. The molecule has 0 aliphatic rings. The van der Waals surface area contributed by atoms with E-state index in [1.54, 1.807) is 10.6 Å². The van der Waals surface area contributed by atoms with Crippen LogP contribution in [-0.4, -0.2) is 34.6 Å². The normalized spacial score (nSPS) is 10.6. The molecule has 0 unspecified atom stereocenters. The molecule has 5 nitrogen and oxygen atoms in total. The van der Waals surface area contributed by atoms with E-state index in [0.717, 1.165) is 11.2 Å². The zero-order valence-electron chi connectivity index (χ0n) is 9.21. The Morgan fingerprint density at radius 2 is 2.31 bits per heavy atom. The molecule has 2 aromatic heterocycles. The summed E-state index contributed by atoms with van der Waals surface area (Å²) in [6.45, 7) is 0. The fourth-order valence-corrected chi connectivity index (χ4v) is 1.59. The number of imidazole rings is 1. The summed E-state index contributed by atoms with van der Waals surface area (Å²) in [4.78, 5) is 16.7. The topological polar surface area (TPSA) is 57.8 Å². The summed E-state index contributed by atoms with van der Waals surface area (Å²) in [7, 11) is 3.92. The van der Waals surface area contributed by atoms with Crippen LogP contribution in [-0.2, 0) is 11.2 Å². The Morgan fingerprint density at radius 3 is 2.94 bits per heavy atom. The lowest BCUT2D eigenvalue weighted by molar-refractivity contribution is -0.136. The van der Waals surface area contributed by atoms with Crippen molar-refractivity contribution in [3.8, 4) is 0 Å². The van der Waals surface area contributed by atoms with Crippen LogP contribution >= 0.6 is 0 Å². The molecule has 5 heteroatoms. The van der Waals surface area contributed by atoms with E-state index in [2.05, 4.69) is 4.98 Å². The van der Waals surface area contributed by atoms with Crippen molar-refractivity contribution < 1.29 is 9.90 Å². The molecule has 84 valence electrons. The molecular formula is C11H13N3O2. The first-order valence-electron chi connectivity index (χ1n) is 4.93. The van der Waals surface area contributed by atoms with Gasteiger partial charge in [-0.3, -0.25) is 4.79 Å². The van der Waals surface area contributed by atoms with Crippen LogP contribution in [0.5, 0.6) is 0 Å². The second kappa shape index (κ2) is 3.84. The van der Waals surface area contributed by atoms with Crippen molar-refractivity contribution in [2.45, 2.75) is 6.42 Å². The molecule has 16 heavy (non-hydrogen) atoms. The molecule has 0 radical (unpaired) electrons. The van der Waals surface area contributed by atoms with Gasteiger partial charge in [-0.2, -0.15) is 0 Å². The smallest absolute Gasteiger partial charge is 0.311 e. The maximum Gasteiger partial charge on any atom is 0.311 e. The first kappa shape index (κ1) is 10.5. The highest BCUT2D eigenvalue weighted by atomic mass is 16.4. The summed E-state index contributed by atoms with van der Waals surface area (Å²) < 4.78 is 1.79. The lowest BCUT2D eigenvalue weighted by atomic mass is 10.3. The van der Waals surface area contributed by atoms with Crippen LogP contribution in [0.4, 0.5) is 5.69 Å². The van der Waals surface area contributed by atoms with E-state index >= 15 is 0 Å². The van der Waals surface area contributed by atoms with Crippen LogP contribution in [0.15, 0.2) is 24.5 Å². The Hall–Kier alpha value is -2.04. The van der Waals surface area contributed by atoms with Crippen molar-refractivity contribution in [2.24, 2.45) is 0 Å². The minimum absolute atomic E-state index is 0.0600. The number of anilines is 1. The van der Waals surface area contributed by atoms with Crippen molar-refractivity contribution in [3.63, 3.8) is 0 Å². The molecule has 0 aliphatic carbocycles. The summed E-state index contributed by atoms with van der Waals surface area (Å²) in [5.41, 5.74) is 1.97. The molecule has 2 heterocycles. The molecule has 2 rings (SSSR count). The molecule has 0 saturated carbocycles. The zero-order valence-corrected chi connectivity index (χ0v) is 9.21. The molecule has 0 aromatic carbocycles. The van der Waals surface area contributed by atoms with E-state index in [1.165, 1.54) is 0 Å². The van der Waals surface area contributed by atoms with E-state index in [1.807, 2.05) is 37.3 Å². The second-order valence-corrected chi connectivity index (χ2v) is 3.82. The summed E-state index contributed by atoms with van der Waals surface area (Å²) in [5, 5.41) is 8.73. The van der Waals surface area contributed by atoms with Gasteiger partial charge in [0.05, 0.1) is 11.7 Å². The van der Waals surface area contributed by atoms with Gasteiger partial charge >= 0.3 is 5.97 Å². The second-order valence-electron chi connectivity index (χ2n) is 3.82. The third-order valence-corrected chi connectivity index (χ3v) is 2.42. The maximum atomic E-state index is 10.6. The van der Waals surface area contributed by atoms with Gasteiger partial charge in [0.1, 0.15) is 12.2 Å². The molecule has 0 atom stereocenters. The third kappa shape index (κ3) is 1.84. The number of aliphatic carboxylic acids is 1. The molecule has 0 bridgehead atoms. The summed E-state index contributed by atoms with van der Waals surface area (Å²) in [6.07, 6.45) is 3.47. The number of nitrogens with zero attached hydrogens (tertiary/aromatic N) is 3. The van der Waals surface area contributed by atoms with Gasteiger partial charge in [0.15, 0.2) is 0 Å². The third-order valence-electron chi connectivity index (χ3n) is 2.42. The molecule has 0 saturated heterocycles. The lowest BCUT2D eigenvalue weighted by Gasteiger charge is -2.12. The monoisotopic (exact) mass is 219 g/mol. The number of pyridine rings is 1. The van der Waals surface area contributed by atoms with Crippen LogP contribution in [0.1, 0.15) is 5.82 Å². The molecule has 0 spiro atoms. The summed E-state index contributed by atoms with van der Waals surface area (Å²) >= 11 is 0. The van der Waals surface area contributed by atoms with Crippen LogP contribution in [0.2, 0.25) is 0 Å². The summed E-state index contributed by atoms with van der Waals surface area (Å²) in [5.74, 6) is -0.322. The molecule has 1 N–H and O–H groups in total. The highest BCUT2D eigenvalue weighted by Crippen LogP contribution is 2.16. The molecule has 2 aromatic rings. The van der Waals surface area contributed by atoms with Crippen LogP contribution < -0.4 is 4.90 Å². The number of carbonyl (C=O) groups is 1. The minimum Gasteiger partial charge on any atom is -0.481 e. The van der Waals surface area contributed by atoms with Crippen LogP contribution in [0, 0.1) is 0 Å². The number of carboxylic acids is 1. The fraction of sp³-hybridized carbons (Fsp3) is 0.273. The van der Waals surface area contributed by atoms with Gasteiger partial charge in [-0.25, -0.2) is 4.98 Å². The van der Waals surface area contributed by atoms with Gasteiger partial charge in [-0.15, -0.1) is 0 Å². The Kier molecular flexibility index (Phi) is 2.52. The minimum atomic E-state index is -0.871. The Labute approximate surface area is 92.9 Å². The number of carboxylic acid groups (broad SMARTS) is 1. The van der Waals surface area contributed by atoms with E-state index in [9.17, 15) is 4.79 Å². The van der Waals surface area contributed by atoms with Crippen molar-refractivity contribution in [1.82, 2.24) is 9.38 Å². The zero-order chi connectivity index (χ0) is 11.7. The average molecular weight is 219 g/mol. The van der Waals surface area contributed by atoms with Gasteiger partial charge in [-0.05, 0) is 12.1 Å². The summed E-state index contributed by atoms with van der Waals surface area (Å²) in [6, 6.07) is 3.90. The van der Waals surface area contributed by atoms with Crippen molar-refractivity contribution in [1.29, 1.82) is 0 Å². The number of fused-ring (bicyclic) bond motifs is 1. The van der Waals surface area contributed by atoms with Gasteiger partial charge < -0.3 is 14.4 Å². The fourth-order valence-electron chi connectivity index (χ4n) is 1.59. The van der Waals surface area contributed by atoms with Crippen molar-refractivity contribution in [3.05, 3.63) is 30.4 Å². The first-order valence-corrected chi connectivity index (χ1v) is 4.93. The van der Waals surface area contributed by atoms with Crippen molar-refractivity contribution in [2.75, 3.05) is 19.0 Å². The molecule has 0 fully saturated rings. The van der Waals surface area contributed by atoms with Gasteiger partial charge in [0.2, 0.25) is 0 Å². The molecular weight excluding hydrogens is 206 g/mol. The Bertz CT molecular complexity index is 531. The van der Waals surface area contributed by atoms with Crippen LogP contribution in [0.3, 0.4) is 0 Å². The first-order chi connectivity index (χ1) is 7.58. The standard InChI is InChI=1S/C11H13N3O2/c1-13(2)8-3-4-14-9(5-8)7-12-10(14)6-11(15)16/h3-5,7H,6H2,1-2H3,(H,15,16). The van der Waals surface area contributed by atoms with Gasteiger partial charge in [-0.1, -0.05) is 0 Å². The molecule has 0 aliphatic heterocycles. The number of hydrogen-bond acceptors (Lipinski definition) is 3. The van der Waals surface area contributed by atoms with E-state index in [4.69, 9.17) is 5.11 Å². The average Bonchev–Trinajstić information content (AvgIpc) is 2.60. The van der Waals surface area contributed by atoms with Crippen molar-refractivity contribution >= 4 is 17.2 Å². The Balaban J connectivity index is 2.46. The van der Waals surface area contributed by atoms with Crippen LogP contribution in [0.25, 0.3) is 5.52 Å². The molecule has 0 amide bonds. The highest BCUT2D eigenvalue weighted by molar-refractivity contribution is 5.70. The largest absolute Gasteiger partial charge is 0.481 e. The highest BCUT2D eigenvalue weighted by Gasteiger charge is 2.08. The predicted octanol–water partition coefficient (Wildman–Crippen LogP) is 1.03. The van der Waals surface area contributed by atoms with E-state index < -0.39 is 5.97 Å². The maximum absolute atomic E-state index is 10.6. The quantitative estimate of drug-likeness (QED) is 0.837. The number of rotatable bonds is 3. The Morgan fingerprint density at radius 1 is 1.56 bits per heavy atom. The number of aromatic nitrogens is 2. The van der Waals surface area contributed by atoms with E-state index in [0.29, 0.717) is 5.82 Å². The van der Waals surface area contributed by atoms with E-state index in [-0.39, 0.29) is 6.42 Å². The van der Waals surface area contributed by atoms with Gasteiger partial charge in [0, 0.05) is 26.0 Å². The SMILES string of the molecule is CN(C)c1ccn2c(CC(=O)O)ncc2c1. The van der Waals surface area contributed by atoms with Gasteiger partial charge in [0.25, 0.3) is 0 Å². The number of hydrogen-bond donors (Lipinski definition) is 1.